The average molecular weight is 827 g/mol. The van der Waals surface area contributed by atoms with E-state index in [-0.39, 0.29) is 0 Å². The lowest BCUT2D eigenvalue weighted by molar-refractivity contribution is 0.891. The smallest absolute Gasteiger partial charge is 0.0579 e. The highest BCUT2D eigenvalue weighted by Gasteiger charge is 2.23. The summed E-state index contributed by atoms with van der Waals surface area (Å²) in [7, 11) is 2.06. The highest BCUT2D eigenvalue weighted by Crippen LogP contribution is 2.41. The lowest BCUT2D eigenvalue weighted by atomic mass is 9.90. The molecule has 0 aliphatic heterocycles. The number of para-hydroxylation sites is 2. The van der Waals surface area contributed by atoms with Crippen LogP contribution in [0.15, 0.2) is 234 Å². The van der Waals surface area contributed by atoms with Gasteiger partial charge < -0.3 is 9.88 Å². The number of rotatable bonds is 12. The van der Waals surface area contributed by atoms with E-state index in [1.54, 1.807) is 0 Å². The van der Waals surface area contributed by atoms with Gasteiger partial charge in [-0.15, -0.1) is 0 Å². The maximum Gasteiger partial charge on any atom is 0.0579 e. The van der Waals surface area contributed by atoms with Crippen molar-refractivity contribution < 1.29 is 0 Å². The van der Waals surface area contributed by atoms with Crippen LogP contribution in [0.5, 0.6) is 0 Å². The highest BCUT2D eigenvalue weighted by atomic mass is 15.0. The SMILES string of the molecule is CN/C(=C\C(=C/CCc1c(-c2ccccc2C)ccc2c3ccccc3n(-c3ccccc3)c12)c1cc(-c2ccccc2)cc(-c2ccccc2)c1)C1=CC(C)C(C2=C(C)CC=C2)=C1. The van der Waals surface area contributed by atoms with Gasteiger partial charge in [-0.1, -0.05) is 170 Å². The summed E-state index contributed by atoms with van der Waals surface area (Å²) in [6.07, 6.45) is 17.0. The molecule has 312 valence electrons. The Hall–Kier alpha value is -7.42. The summed E-state index contributed by atoms with van der Waals surface area (Å²) < 4.78 is 2.50. The topological polar surface area (TPSA) is 17.0 Å². The first kappa shape index (κ1) is 40.6. The van der Waals surface area contributed by atoms with Crippen molar-refractivity contribution in [3.8, 4) is 39.1 Å². The van der Waals surface area contributed by atoms with Crippen LogP contribution < -0.4 is 5.32 Å². The molecule has 0 amide bonds. The van der Waals surface area contributed by atoms with Crippen molar-refractivity contribution in [2.24, 2.45) is 5.92 Å². The van der Waals surface area contributed by atoms with Gasteiger partial charge in [-0.05, 0) is 154 Å². The quantitative estimate of drug-likeness (QED) is 0.121. The molecule has 2 nitrogen and oxygen atoms in total. The predicted molar refractivity (Wildman–Crippen MR) is 273 cm³/mol. The van der Waals surface area contributed by atoms with Crippen LogP contribution in [0.25, 0.3) is 66.4 Å². The summed E-state index contributed by atoms with van der Waals surface area (Å²) in [6.45, 7) is 6.83. The summed E-state index contributed by atoms with van der Waals surface area (Å²) in [5.41, 5.74) is 22.7. The number of hydrogen-bond acceptors (Lipinski definition) is 1. The summed E-state index contributed by atoms with van der Waals surface area (Å²) in [6, 6.07) is 62.0. The van der Waals surface area contributed by atoms with E-state index in [2.05, 4.69) is 244 Å². The van der Waals surface area contributed by atoms with Gasteiger partial charge in [-0.3, -0.25) is 0 Å². The molecule has 64 heavy (non-hydrogen) atoms. The van der Waals surface area contributed by atoms with Gasteiger partial charge in [0.1, 0.15) is 0 Å². The molecular formula is C62H54N2. The number of fused-ring (bicyclic) bond motifs is 3. The predicted octanol–water partition coefficient (Wildman–Crippen LogP) is 16.0. The Kier molecular flexibility index (Phi) is 11.3. The van der Waals surface area contributed by atoms with Crippen molar-refractivity contribution >= 4 is 27.4 Å². The van der Waals surface area contributed by atoms with Gasteiger partial charge in [0.05, 0.1) is 11.0 Å². The van der Waals surface area contributed by atoms with Crippen LogP contribution >= 0.6 is 0 Å². The number of nitrogens with one attached hydrogen (secondary N) is 1. The van der Waals surface area contributed by atoms with Gasteiger partial charge >= 0.3 is 0 Å². The number of allylic oxidation sites excluding steroid dienone is 10. The first-order chi connectivity index (χ1) is 31.4. The van der Waals surface area contributed by atoms with Crippen LogP contribution in [0.1, 0.15) is 43.4 Å². The van der Waals surface area contributed by atoms with E-state index < -0.39 is 0 Å². The number of hydrogen-bond donors (Lipinski definition) is 1. The van der Waals surface area contributed by atoms with Crippen LogP contribution in [0.2, 0.25) is 0 Å². The monoisotopic (exact) mass is 826 g/mol. The van der Waals surface area contributed by atoms with Crippen molar-refractivity contribution in [2.45, 2.75) is 40.0 Å². The fraction of sp³-hybridized carbons (Fsp3) is 0.129. The highest BCUT2D eigenvalue weighted by molar-refractivity contribution is 6.11. The Morgan fingerprint density at radius 2 is 1.33 bits per heavy atom. The van der Waals surface area contributed by atoms with Gasteiger partial charge in [-0.25, -0.2) is 0 Å². The molecule has 2 aliphatic carbocycles. The van der Waals surface area contributed by atoms with Crippen molar-refractivity contribution in [3.63, 3.8) is 0 Å². The van der Waals surface area contributed by atoms with Crippen molar-refractivity contribution in [1.29, 1.82) is 0 Å². The Bertz CT molecular complexity index is 3160. The molecule has 1 aromatic heterocycles. The van der Waals surface area contributed by atoms with Crippen LogP contribution in [-0.4, -0.2) is 11.6 Å². The Labute approximate surface area is 378 Å². The molecule has 1 heterocycles. The first-order valence-electron chi connectivity index (χ1n) is 22.8. The Morgan fingerprint density at radius 3 is 2.00 bits per heavy atom. The lowest BCUT2D eigenvalue weighted by Crippen LogP contribution is -2.07. The zero-order valence-corrected chi connectivity index (χ0v) is 37.3. The lowest BCUT2D eigenvalue weighted by Gasteiger charge is -2.17. The molecule has 1 N–H and O–H groups in total. The number of nitrogens with zero attached hydrogens (tertiary/aromatic N) is 1. The molecule has 0 saturated carbocycles. The zero-order chi connectivity index (χ0) is 43.6. The van der Waals surface area contributed by atoms with E-state index >= 15 is 0 Å². The molecule has 0 fully saturated rings. The van der Waals surface area contributed by atoms with Crippen LogP contribution in [0.4, 0.5) is 0 Å². The summed E-state index contributed by atoms with van der Waals surface area (Å²) in [5.74, 6) is 0.328. The van der Waals surface area contributed by atoms with Crippen molar-refractivity contribution in [3.05, 3.63) is 251 Å². The minimum absolute atomic E-state index is 0.328. The molecule has 0 bridgehead atoms. The van der Waals surface area contributed by atoms with E-state index in [1.165, 1.54) is 105 Å². The van der Waals surface area contributed by atoms with Crippen molar-refractivity contribution in [1.82, 2.24) is 9.88 Å². The Balaban J connectivity index is 1.17. The second-order valence-electron chi connectivity index (χ2n) is 17.3. The molecule has 0 saturated heterocycles. The Morgan fingerprint density at radius 1 is 0.672 bits per heavy atom. The zero-order valence-electron chi connectivity index (χ0n) is 37.3. The van der Waals surface area contributed by atoms with Crippen LogP contribution in [0, 0.1) is 12.8 Å². The summed E-state index contributed by atoms with van der Waals surface area (Å²) >= 11 is 0. The van der Waals surface area contributed by atoms with Gasteiger partial charge in [0.2, 0.25) is 0 Å². The fourth-order valence-corrected chi connectivity index (χ4v) is 9.97. The maximum absolute atomic E-state index is 3.66. The molecule has 2 aliphatic rings. The number of aryl methyl sites for hydroxylation is 2. The third-order valence-electron chi connectivity index (χ3n) is 13.2. The molecular weight excluding hydrogens is 773 g/mol. The third kappa shape index (κ3) is 7.82. The van der Waals surface area contributed by atoms with Crippen LogP contribution in [0.3, 0.4) is 0 Å². The minimum Gasteiger partial charge on any atom is -0.388 e. The minimum atomic E-state index is 0.328. The van der Waals surface area contributed by atoms with E-state index in [4.69, 9.17) is 0 Å². The summed E-state index contributed by atoms with van der Waals surface area (Å²) in [4.78, 5) is 0. The van der Waals surface area contributed by atoms with Crippen molar-refractivity contribution in [2.75, 3.05) is 7.05 Å². The standard InChI is InChI=1S/C62H54N2/c1-42-20-14-15-29-53(42)55-34-35-58-56-30-16-17-33-61(56)64(52-27-12-7-13-28-52)62(58)57(55)32-19-26-47(41-60(63-4)51-36-44(3)59(40-51)54-31-18-21-43(54)2)50-38-48(45-22-8-5-9-23-45)37-49(39-50)46-24-10-6-11-25-46/h5-18,20,22-31,33-41,44,63H,19,21,32H2,1-4H3/b47-26+,60-41-. The third-order valence-corrected chi connectivity index (χ3v) is 13.2. The molecule has 7 aromatic carbocycles. The molecule has 0 spiro atoms. The number of likely N-dealkylation sites (N-methyl/N-ethyl adjacent to an activating group) is 1. The molecule has 1 unspecified atom stereocenters. The van der Waals surface area contributed by atoms with Gasteiger partial charge in [0.15, 0.2) is 0 Å². The molecule has 0 radical (unpaired) electrons. The van der Waals surface area contributed by atoms with Gasteiger partial charge in [0.25, 0.3) is 0 Å². The molecule has 1 atom stereocenters. The number of benzene rings is 7. The normalized spacial score (nSPS) is 15.3. The van der Waals surface area contributed by atoms with Crippen LogP contribution in [-0.2, 0) is 6.42 Å². The second kappa shape index (κ2) is 17.8. The van der Waals surface area contributed by atoms with Gasteiger partial charge in [0, 0.05) is 35.1 Å². The summed E-state index contributed by atoms with van der Waals surface area (Å²) in [5, 5.41) is 6.21. The molecule has 10 rings (SSSR count). The van der Waals surface area contributed by atoms with E-state index in [0.29, 0.717) is 5.92 Å². The first-order valence-corrected chi connectivity index (χ1v) is 22.8. The molecule has 8 aromatic rings. The largest absolute Gasteiger partial charge is 0.388 e. The average Bonchev–Trinajstić information content (AvgIpc) is 4.05. The second-order valence-corrected chi connectivity index (χ2v) is 17.3. The maximum atomic E-state index is 3.66. The van der Waals surface area contributed by atoms with E-state index in [1.807, 2.05) is 0 Å². The number of aromatic nitrogens is 1. The molecule has 2 heteroatoms. The van der Waals surface area contributed by atoms with E-state index in [9.17, 15) is 0 Å². The van der Waals surface area contributed by atoms with E-state index in [0.717, 1.165) is 25.0 Å². The fourth-order valence-electron chi connectivity index (χ4n) is 9.97. The van der Waals surface area contributed by atoms with Gasteiger partial charge in [-0.2, -0.15) is 0 Å².